The maximum absolute atomic E-state index is 12.0. The molecule has 15 heavy (non-hydrogen) atoms. The van der Waals surface area contributed by atoms with Crippen LogP contribution in [0.5, 0.6) is 0 Å². The van der Waals surface area contributed by atoms with E-state index in [0.29, 0.717) is 0 Å². The summed E-state index contributed by atoms with van der Waals surface area (Å²) < 4.78 is 11.2. The molecule has 1 spiro atoms. The number of carbonyl (C=O) groups excluding carboxylic acids is 1. The van der Waals surface area contributed by atoms with E-state index in [1.807, 2.05) is 6.92 Å². The van der Waals surface area contributed by atoms with Crippen LogP contribution in [-0.2, 0) is 14.3 Å². The van der Waals surface area contributed by atoms with Crippen LogP contribution in [0.25, 0.3) is 0 Å². The molecule has 0 N–H and O–H groups in total. The van der Waals surface area contributed by atoms with Gasteiger partial charge >= 0.3 is 5.97 Å². The van der Waals surface area contributed by atoms with Gasteiger partial charge in [0, 0.05) is 0 Å². The van der Waals surface area contributed by atoms with Crippen molar-refractivity contribution < 1.29 is 14.3 Å². The molecule has 0 aromatic heterocycles. The van der Waals surface area contributed by atoms with E-state index in [9.17, 15) is 4.79 Å². The van der Waals surface area contributed by atoms with Crippen molar-refractivity contribution in [3.05, 3.63) is 0 Å². The largest absolute Gasteiger partial charge is 0.460 e. The van der Waals surface area contributed by atoms with E-state index >= 15 is 0 Å². The van der Waals surface area contributed by atoms with Gasteiger partial charge in [0.2, 0.25) is 0 Å². The second-order valence-corrected chi connectivity index (χ2v) is 5.09. The highest BCUT2D eigenvalue weighted by Crippen LogP contribution is 2.60. The Balaban J connectivity index is 1.73. The standard InChI is InChI=1S/C12H18O3/c1-2-12(10(13)14-9-5-6-9)11(15-12)7-3-4-8-11/h9H,2-8H2,1H3. The van der Waals surface area contributed by atoms with Gasteiger partial charge in [0.15, 0.2) is 5.60 Å². The second kappa shape index (κ2) is 2.97. The monoisotopic (exact) mass is 210 g/mol. The number of rotatable bonds is 3. The molecule has 3 rings (SSSR count). The van der Waals surface area contributed by atoms with E-state index in [4.69, 9.17) is 9.47 Å². The Morgan fingerprint density at radius 2 is 2.07 bits per heavy atom. The van der Waals surface area contributed by atoms with Crippen LogP contribution in [0.1, 0.15) is 51.9 Å². The van der Waals surface area contributed by atoms with E-state index in [-0.39, 0.29) is 17.7 Å². The second-order valence-electron chi connectivity index (χ2n) is 5.09. The number of hydrogen-bond donors (Lipinski definition) is 0. The zero-order valence-corrected chi connectivity index (χ0v) is 9.25. The van der Waals surface area contributed by atoms with Crippen LogP contribution in [0.2, 0.25) is 0 Å². The number of carbonyl (C=O) groups is 1. The van der Waals surface area contributed by atoms with Crippen LogP contribution >= 0.6 is 0 Å². The van der Waals surface area contributed by atoms with Crippen LogP contribution in [0.3, 0.4) is 0 Å². The molecule has 0 amide bonds. The first-order valence-corrected chi connectivity index (χ1v) is 6.14. The molecule has 3 fully saturated rings. The number of hydrogen-bond acceptors (Lipinski definition) is 3. The number of ether oxygens (including phenoxy) is 2. The fourth-order valence-electron chi connectivity index (χ4n) is 2.96. The third-order valence-electron chi connectivity index (χ3n) is 4.10. The van der Waals surface area contributed by atoms with Crippen LogP contribution in [0, 0.1) is 0 Å². The molecule has 2 aliphatic carbocycles. The molecule has 3 nitrogen and oxygen atoms in total. The Morgan fingerprint density at radius 3 is 2.60 bits per heavy atom. The first kappa shape index (κ1) is 9.64. The van der Waals surface area contributed by atoms with Crippen molar-refractivity contribution in [3.8, 4) is 0 Å². The van der Waals surface area contributed by atoms with Crippen molar-refractivity contribution >= 4 is 5.97 Å². The van der Waals surface area contributed by atoms with Crippen molar-refractivity contribution in [2.45, 2.75) is 69.2 Å². The van der Waals surface area contributed by atoms with E-state index in [2.05, 4.69) is 0 Å². The molecule has 84 valence electrons. The van der Waals surface area contributed by atoms with Gasteiger partial charge in [-0.1, -0.05) is 19.8 Å². The maximum Gasteiger partial charge on any atom is 0.341 e. The predicted molar refractivity (Wildman–Crippen MR) is 54.4 cm³/mol. The molecule has 2 saturated carbocycles. The lowest BCUT2D eigenvalue weighted by Crippen LogP contribution is -2.34. The molecular weight excluding hydrogens is 192 g/mol. The summed E-state index contributed by atoms with van der Waals surface area (Å²) in [5.41, 5.74) is -0.695. The maximum atomic E-state index is 12.0. The van der Waals surface area contributed by atoms with Gasteiger partial charge in [0.05, 0.1) is 0 Å². The molecule has 0 radical (unpaired) electrons. The van der Waals surface area contributed by atoms with E-state index < -0.39 is 5.60 Å². The zero-order chi connectivity index (χ0) is 10.5. The molecule has 1 atom stereocenters. The minimum atomic E-state index is -0.563. The summed E-state index contributed by atoms with van der Waals surface area (Å²) in [6.45, 7) is 2.03. The quantitative estimate of drug-likeness (QED) is 0.529. The molecule has 1 unspecified atom stereocenters. The smallest absolute Gasteiger partial charge is 0.341 e. The zero-order valence-electron chi connectivity index (χ0n) is 9.25. The van der Waals surface area contributed by atoms with Gasteiger partial charge in [-0.2, -0.15) is 0 Å². The Kier molecular flexibility index (Phi) is 1.91. The highest BCUT2D eigenvalue weighted by molar-refractivity contribution is 5.85. The average Bonchev–Trinajstić information content (AvgIpc) is 3.06. The minimum Gasteiger partial charge on any atom is -0.460 e. The first-order chi connectivity index (χ1) is 7.22. The van der Waals surface area contributed by atoms with E-state index in [1.54, 1.807) is 0 Å². The highest BCUT2D eigenvalue weighted by atomic mass is 16.7. The summed E-state index contributed by atoms with van der Waals surface area (Å²) in [5, 5.41) is 0. The van der Waals surface area contributed by atoms with Crippen molar-refractivity contribution in [1.29, 1.82) is 0 Å². The normalized spacial score (nSPS) is 36.9. The van der Waals surface area contributed by atoms with E-state index in [0.717, 1.165) is 32.1 Å². The van der Waals surface area contributed by atoms with Crippen molar-refractivity contribution in [2.75, 3.05) is 0 Å². The van der Waals surface area contributed by atoms with Crippen LogP contribution in [0.15, 0.2) is 0 Å². The lowest BCUT2D eigenvalue weighted by molar-refractivity contribution is -0.151. The molecule has 1 heterocycles. The Labute approximate surface area is 90.1 Å². The highest BCUT2D eigenvalue weighted by Gasteiger charge is 2.74. The molecule has 0 aromatic carbocycles. The van der Waals surface area contributed by atoms with Crippen LogP contribution in [-0.4, -0.2) is 23.3 Å². The third-order valence-corrected chi connectivity index (χ3v) is 4.10. The topological polar surface area (TPSA) is 38.8 Å². The average molecular weight is 210 g/mol. The van der Waals surface area contributed by atoms with Crippen molar-refractivity contribution in [2.24, 2.45) is 0 Å². The Morgan fingerprint density at radius 1 is 1.40 bits per heavy atom. The molecule has 3 heteroatoms. The minimum absolute atomic E-state index is 0.0885. The molecule has 0 bridgehead atoms. The van der Waals surface area contributed by atoms with E-state index in [1.165, 1.54) is 12.8 Å². The summed E-state index contributed by atoms with van der Waals surface area (Å²) in [5.74, 6) is -0.0885. The third kappa shape index (κ3) is 1.25. The fraction of sp³-hybridized carbons (Fsp3) is 0.917. The summed E-state index contributed by atoms with van der Waals surface area (Å²) in [6.07, 6.45) is 7.51. The molecule has 0 aromatic rings. The van der Waals surface area contributed by atoms with Gasteiger partial charge in [-0.25, -0.2) is 4.79 Å². The Bertz CT molecular complexity index is 289. The SMILES string of the molecule is CCC1(C(=O)OC2CC2)OC12CCCC2. The van der Waals surface area contributed by atoms with Crippen molar-refractivity contribution in [1.82, 2.24) is 0 Å². The lowest BCUT2D eigenvalue weighted by atomic mass is 9.89. The van der Waals surface area contributed by atoms with Gasteiger partial charge in [-0.3, -0.25) is 0 Å². The van der Waals surface area contributed by atoms with Gasteiger partial charge in [0.1, 0.15) is 11.7 Å². The lowest BCUT2D eigenvalue weighted by Gasteiger charge is -2.13. The predicted octanol–water partition coefficient (Wildman–Crippen LogP) is 2.18. The Hall–Kier alpha value is -0.570. The van der Waals surface area contributed by atoms with Gasteiger partial charge in [-0.05, 0) is 32.1 Å². The van der Waals surface area contributed by atoms with Gasteiger partial charge in [-0.15, -0.1) is 0 Å². The summed E-state index contributed by atoms with van der Waals surface area (Å²) in [4.78, 5) is 12.0. The summed E-state index contributed by atoms with van der Waals surface area (Å²) >= 11 is 0. The molecule has 1 saturated heterocycles. The number of epoxide rings is 1. The van der Waals surface area contributed by atoms with Gasteiger partial charge in [0.25, 0.3) is 0 Å². The first-order valence-electron chi connectivity index (χ1n) is 6.14. The van der Waals surface area contributed by atoms with Crippen LogP contribution in [0.4, 0.5) is 0 Å². The molecule has 3 aliphatic rings. The molecule has 1 aliphatic heterocycles. The van der Waals surface area contributed by atoms with Crippen molar-refractivity contribution in [3.63, 3.8) is 0 Å². The fourth-order valence-corrected chi connectivity index (χ4v) is 2.96. The summed E-state index contributed by atoms with van der Waals surface area (Å²) in [7, 11) is 0. The number of esters is 1. The summed E-state index contributed by atoms with van der Waals surface area (Å²) in [6, 6.07) is 0. The van der Waals surface area contributed by atoms with Gasteiger partial charge < -0.3 is 9.47 Å². The van der Waals surface area contributed by atoms with Crippen LogP contribution < -0.4 is 0 Å². The molecular formula is C12H18O3.